The molecule has 0 spiro atoms. The molecule has 1 saturated heterocycles. The second-order valence-electron chi connectivity index (χ2n) is 7.44. The molecular formula is C23H24N4O2. The van der Waals surface area contributed by atoms with Gasteiger partial charge in [-0.3, -0.25) is 4.79 Å². The van der Waals surface area contributed by atoms with Crippen LogP contribution in [0.1, 0.15) is 27.9 Å². The Kier molecular flexibility index (Phi) is 5.53. The minimum absolute atomic E-state index is 0.0442. The average molecular weight is 388 g/mol. The Morgan fingerprint density at radius 1 is 1.14 bits per heavy atom. The van der Waals surface area contributed by atoms with E-state index in [9.17, 15) is 9.90 Å². The lowest BCUT2D eigenvalue weighted by molar-refractivity contribution is 0.0787. The summed E-state index contributed by atoms with van der Waals surface area (Å²) >= 11 is 0. The van der Waals surface area contributed by atoms with Crippen LogP contribution in [0.4, 0.5) is 5.95 Å². The minimum atomic E-state index is -0.0598. The Bertz CT molecular complexity index is 1010. The number of anilines is 1. The standard InChI is InChI=1S/C23H24N4O2/c24-23-25-13-20(21(26-23)19-7-2-1-3-8-19)22(29)27-10-9-17(14-27)11-16-5-4-6-18(12-16)15-28/h1-8,12-13,17,28H,9-11,14-15H2,(H2,24,25,26)/t17-/m1/s1. The van der Waals surface area contributed by atoms with Crippen molar-refractivity contribution in [1.29, 1.82) is 0 Å². The number of amides is 1. The third-order valence-electron chi connectivity index (χ3n) is 5.36. The van der Waals surface area contributed by atoms with Crippen molar-refractivity contribution in [2.75, 3.05) is 18.8 Å². The van der Waals surface area contributed by atoms with Crippen LogP contribution in [0.25, 0.3) is 11.3 Å². The van der Waals surface area contributed by atoms with Gasteiger partial charge in [-0.2, -0.15) is 0 Å². The maximum Gasteiger partial charge on any atom is 0.257 e. The van der Waals surface area contributed by atoms with Crippen molar-refractivity contribution in [3.8, 4) is 11.3 Å². The van der Waals surface area contributed by atoms with Gasteiger partial charge in [0.15, 0.2) is 0 Å². The Morgan fingerprint density at radius 2 is 1.93 bits per heavy atom. The molecule has 1 atom stereocenters. The molecule has 4 rings (SSSR count). The number of nitrogens with two attached hydrogens (primary N) is 1. The second kappa shape index (κ2) is 8.41. The first-order valence-corrected chi connectivity index (χ1v) is 9.80. The van der Waals surface area contributed by atoms with E-state index in [0.717, 1.165) is 24.0 Å². The van der Waals surface area contributed by atoms with Crippen LogP contribution in [0, 0.1) is 5.92 Å². The number of carbonyl (C=O) groups excluding carboxylic acids is 1. The smallest absolute Gasteiger partial charge is 0.257 e. The van der Waals surface area contributed by atoms with Crippen molar-refractivity contribution < 1.29 is 9.90 Å². The van der Waals surface area contributed by atoms with Crippen molar-refractivity contribution in [2.24, 2.45) is 5.92 Å². The predicted octanol–water partition coefficient (Wildman–Crippen LogP) is 2.92. The van der Waals surface area contributed by atoms with Gasteiger partial charge < -0.3 is 15.7 Å². The molecule has 148 valence electrons. The van der Waals surface area contributed by atoms with Crippen molar-refractivity contribution in [3.05, 3.63) is 77.5 Å². The first-order chi connectivity index (χ1) is 14.1. The molecule has 0 saturated carbocycles. The molecule has 1 aliphatic heterocycles. The second-order valence-corrected chi connectivity index (χ2v) is 7.44. The highest BCUT2D eigenvalue weighted by Gasteiger charge is 2.29. The van der Waals surface area contributed by atoms with Crippen molar-refractivity contribution in [3.63, 3.8) is 0 Å². The van der Waals surface area contributed by atoms with Crippen LogP contribution in [-0.4, -0.2) is 39.0 Å². The molecule has 0 unspecified atom stereocenters. The molecule has 6 nitrogen and oxygen atoms in total. The van der Waals surface area contributed by atoms with Gasteiger partial charge in [0.2, 0.25) is 5.95 Å². The number of nitrogen functional groups attached to an aromatic ring is 1. The molecule has 0 radical (unpaired) electrons. The monoisotopic (exact) mass is 388 g/mol. The molecule has 2 heterocycles. The summed E-state index contributed by atoms with van der Waals surface area (Å²) in [5.74, 6) is 0.488. The van der Waals surface area contributed by atoms with E-state index in [1.54, 1.807) is 0 Å². The van der Waals surface area contributed by atoms with E-state index >= 15 is 0 Å². The van der Waals surface area contributed by atoms with Crippen LogP contribution in [0.5, 0.6) is 0 Å². The summed E-state index contributed by atoms with van der Waals surface area (Å²) in [5.41, 5.74) is 9.79. The first-order valence-electron chi connectivity index (χ1n) is 9.80. The van der Waals surface area contributed by atoms with Gasteiger partial charge in [0, 0.05) is 24.8 Å². The van der Waals surface area contributed by atoms with Crippen molar-refractivity contribution in [1.82, 2.24) is 14.9 Å². The van der Waals surface area contributed by atoms with E-state index < -0.39 is 0 Å². The summed E-state index contributed by atoms with van der Waals surface area (Å²) in [6, 6.07) is 17.6. The third kappa shape index (κ3) is 4.27. The quantitative estimate of drug-likeness (QED) is 0.701. The van der Waals surface area contributed by atoms with E-state index in [4.69, 9.17) is 5.73 Å². The number of benzene rings is 2. The minimum Gasteiger partial charge on any atom is -0.392 e. The lowest BCUT2D eigenvalue weighted by Crippen LogP contribution is -2.30. The van der Waals surface area contributed by atoms with E-state index in [-0.39, 0.29) is 18.5 Å². The maximum absolute atomic E-state index is 13.2. The van der Waals surface area contributed by atoms with Gasteiger partial charge in [0.05, 0.1) is 17.9 Å². The van der Waals surface area contributed by atoms with Crippen molar-refractivity contribution >= 4 is 11.9 Å². The molecule has 0 aliphatic carbocycles. The predicted molar refractivity (Wildman–Crippen MR) is 112 cm³/mol. The van der Waals surface area contributed by atoms with Crippen LogP contribution in [-0.2, 0) is 13.0 Å². The number of rotatable bonds is 5. The SMILES string of the molecule is Nc1ncc(C(=O)N2CC[C@H](Cc3cccc(CO)c3)C2)c(-c2ccccc2)n1. The number of aliphatic hydroxyl groups is 1. The molecule has 2 aromatic carbocycles. The van der Waals surface area contributed by atoms with Crippen LogP contribution >= 0.6 is 0 Å². The fourth-order valence-corrected chi connectivity index (χ4v) is 3.91. The largest absolute Gasteiger partial charge is 0.392 e. The van der Waals surface area contributed by atoms with E-state index in [1.165, 1.54) is 11.8 Å². The first kappa shape index (κ1) is 19.1. The van der Waals surface area contributed by atoms with Crippen LogP contribution in [0.3, 0.4) is 0 Å². The molecular weight excluding hydrogens is 364 g/mol. The van der Waals surface area contributed by atoms with Crippen LogP contribution in [0.2, 0.25) is 0 Å². The molecule has 29 heavy (non-hydrogen) atoms. The van der Waals surface area contributed by atoms with Gasteiger partial charge in [-0.05, 0) is 29.9 Å². The lowest BCUT2D eigenvalue weighted by Gasteiger charge is -2.18. The summed E-state index contributed by atoms with van der Waals surface area (Å²) in [6.45, 7) is 1.45. The number of hydrogen-bond donors (Lipinski definition) is 2. The number of likely N-dealkylation sites (tertiary alicyclic amines) is 1. The molecule has 1 fully saturated rings. The maximum atomic E-state index is 13.2. The highest BCUT2D eigenvalue weighted by molar-refractivity contribution is 6.00. The van der Waals surface area contributed by atoms with Gasteiger partial charge in [-0.25, -0.2) is 9.97 Å². The van der Waals surface area contributed by atoms with Gasteiger partial charge in [-0.1, -0.05) is 54.6 Å². The normalized spacial score (nSPS) is 16.2. The molecule has 0 bridgehead atoms. The zero-order valence-electron chi connectivity index (χ0n) is 16.2. The van der Waals surface area contributed by atoms with E-state index in [2.05, 4.69) is 16.0 Å². The Hall–Kier alpha value is -3.25. The zero-order valence-corrected chi connectivity index (χ0v) is 16.2. The Morgan fingerprint density at radius 3 is 2.72 bits per heavy atom. The van der Waals surface area contributed by atoms with Gasteiger partial charge in [0.1, 0.15) is 0 Å². The summed E-state index contributed by atoms with van der Waals surface area (Å²) in [6.07, 6.45) is 3.37. The topological polar surface area (TPSA) is 92.3 Å². The summed E-state index contributed by atoms with van der Waals surface area (Å²) < 4.78 is 0. The number of aliphatic hydroxyl groups excluding tert-OH is 1. The highest BCUT2D eigenvalue weighted by Crippen LogP contribution is 2.27. The number of hydrogen-bond acceptors (Lipinski definition) is 5. The van der Waals surface area contributed by atoms with Crippen molar-refractivity contribution in [2.45, 2.75) is 19.4 Å². The highest BCUT2D eigenvalue weighted by atomic mass is 16.3. The van der Waals surface area contributed by atoms with Gasteiger partial charge >= 0.3 is 0 Å². The van der Waals surface area contributed by atoms with Crippen LogP contribution in [0.15, 0.2) is 60.8 Å². The fraction of sp³-hybridized carbons (Fsp3) is 0.261. The van der Waals surface area contributed by atoms with E-state index in [1.807, 2.05) is 53.4 Å². The fourth-order valence-electron chi connectivity index (χ4n) is 3.91. The number of nitrogens with zero attached hydrogens (tertiary/aromatic N) is 3. The van der Waals surface area contributed by atoms with Crippen LogP contribution < -0.4 is 5.73 Å². The molecule has 1 aliphatic rings. The number of carbonyl (C=O) groups is 1. The summed E-state index contributed by atoms with van der Waals surface area (Å²) in [5, 5.41) is 9.33. The lowest BCUT2D eigenvalue weighted by atomic mass is 9.97. The molecule has 1 amide bonds. The molecule has 3 aromatic rings. The Balaban J connectivity index is 1.51. The number of aromatic nitrogens is 2. The average Bonchev–Trinajstić information content (AvgIpc) is 3.22. The van der Waals surface area contributed by atoms with Gasteiger partial charge in [0.25, 0.3) is 5.91 Å². The zero-order chi connectivity index (χ0) is 20.2. The van der Waals surface area contributed by atoms with Gasteiger partial charge in [-0.15, -0.1) is 0 Å². The third-order valence-corrected chi connectivity index (χ3v) is 5.36. The molecule has 1 aromatic heterocycles. The Labute approximate surface area is 170 Å². The summed E-state index contributed by atoms with van der Waals surface area (Å²) in [4.78, 5) is 23.5. The van der Waals surface area contributed by atoms with E-state index in [0.29, 0.717) is 30.3 Å². The molecule has 3 N–H and O–H groups in total. The molecule has 6 heteroatoms. The summed E-state index contributed by atoms with van der Waals surface area (Å²) in [7, 11) is 0.